The van der Waals surface area contributed by atoms with Crippen LogP contribution in [0.15, 0.2) is 54.4 Å². The molecule has 0 saturated heterocycles. The van der Waals surface area contributed by atoms with Crippen LogP contribution >= 0.6 is 0 Å². The van der Waals surface area contributed by atoms with E-state index in [1.165, 1.54) is 21.3 Å². The number of nitrogens with zero attached hydrogens (tertiary/aromatic N) is 2. The number of imidazole rings is 1. The summed E-state index contributed by atoms with van der Waals surface area (Å²) < 4.78 is 23.4. The van der Waals surface area contributed by atoms with Crippen LogP contribution in [0.3, 0.4) is 0 Å². The number of carbonyl (C=O) groups is 1. The Bertz CT molecular complexity index is 1100. The molecular weight excluding hydrogens is 360 g/mol. The van der Waals surface area contributed by atoms with E-state index >= 15 is 0 Å². The average Bonchev–Trinajstić information content (AvgIpc) is 3.31. The SMILES string of the molecule is COc1cc(C2=C/C(=C\c3cnc4ccccn34)C(=O)O2)cc(OC)c1OC. The Hall–Kier alpha value is -3.74. The average molecular weight is 378 g/mol. The van der Waals surface area contributed by atoms with Crippen molar-refractivity contribution in [3.63, 3.8) is 0 Å². The fourth-order valence-electron chi connectivity index (χ4n) is 3.07. The Morgan fingerprint density at radius 3 is 2.50 bits per heavy atom. The van der Waals surface area contributed by atoms with Gasteiger partial charge in [-0.3, -0.25) is 0 Å². The molecule has 0 bridgehead atoms. The number of ether oxygens (including phenoxy) is 4. The largest absolute Gasteiger partial charge is 0.493 e. The maximum absolute atomic E-state index is 12.4. The van der Waals surface area contributed by atoms with Crippen molar-refractivity contribution in [3.05, 3.63) is 65.6 Å². The molecule has 0 unspecified atom stereocenters. The van der Waals surface area contributed by atoms with Crippen LogP contribution < -0.4 is 14.2 Å². The molecule has 0 amide bonds. The fraction of sp³-hybridized carbons (Fsp3) is 0.143. The number of aromatic nitrogens is 2. The molecule has 0 aliphatic carbocycles. The van der Waals surface area contributed by atoms with Gasteiger partial charge in [-0.15, -0.1) is 0 Å². The molecule has 142 valence electrons. The maximum Gasteiger partial charge on any atom is 0.343 e. The molecule has 7 heteroatoms. The van der Waals surface area contributed by atoms with Gasteiger partial charge in [0, 0.05) is 11.8 Å². The molecule has 1 aliphatic rings. The van der Waals surface area contributed by atoms with Crippen molar-refractivity contribution in [2.24, 2.45) is 0 Å². The van der Waals surface area contributed by atoms with E-state index in [0.29, 0.717) is 34.1 Å². The van der Waals surface area contributed by atoms with Crippen LogP contribution in [0.4, 0.5) is 0 Å². The lowest BCUT2D eigenvalue weighted by Crippen LogP contribution is -1.99. The molecular formula is C21H18N2O5. The molecule has 3 heterocycles. The van der Waals surface area contributed by atoms with Crippen LogP contribution in [-0.4, -0.2) is 36.7 Å². The molecule has 0 radical (unpaired) electrons. The van der Waals surface area contributed by atoms with Gasteiger partial charge in [-0.2, -0.15) is 0 Å². The minimum absolute atomic E-state index is 0.407. The van der Waals surface area contributed by atoms with Crippen molar-refractivity contribution >= 4 is 23.5 Å². The molecule has 0 N–H and O–H groups in total. The Morgan fingerprint density at radius 2 is 1.82 bits per heavy atom. The Labute approximate surface area is 161 Å². The van der Waals surface area contributed by atoms with Gasteiger partial charge in [0.1, 0.15) is 11.4 Å². The first-order valence-electron chi connectivity index (χ1n) is 8.52. The van der Waals surface area contributed by atoms with Crippen LogP contribution in [0.5, 0.6) is 17.2 Å². The molecule has 2 aromatic heterocycles. The van der Waals surface area contributed by atoms with Gasteiger partial charge in [-0.1, -0.05) is 6.07 Å². The second-order valence-corrected chi connectivity index (χ2v) is 6.02. The smallest absolute Gasteiger partial charge is 0.343 e. The summed E-state index contributed by atoms with van der Waals surface area (Å²) in [6, 6.07) is 9.17. The minimum atomic E-state index is -0.436. The summed E-state index contributed by atoms with van der Waals surface area (Å²) in [5.41, 5.74) is 2.65. The number of pyridine rings is 1. The standard InChI is InChI=1S/C21H18N2O5/c1-25-17-9-13(10-18(26-2)20(17)27-3)16-11-14(21(24)28-16)8-15-12-22-19-6-4-5-7-23(15)19/h4-12H,1-3H3/b14-8+. The third-order valence-corrected chi connectivity index (χ3v) is 4.42. The number of cyclic esters (lactones) is 1. The van der Waals surface area contributed by atoms with Crippen molar-refractivity contribution < 1.29 is 23.7 Å². The van der Waals surface area contributed by atoms with E-state index in [2.05, 4.69) is 4.98 Å². The fourth-order valence-corrected chi connectivity index (χ4v) is 3.07. The highest BCUT2D eigenvalue weighted by Gasteiger charge is 2.25. The molecule has 0 fully saturated rings. The Balaban J connectivity index is 1.75. The van der Waals surface area contributed by atoms with Gasteiger partial charge < -0.3 is 23.3 Å². The predicted octanol–water partition coefficient (Wildman–Crippen LogP) is 3.34. The highest BCUT2D eigenvalue weighted by molar-refractivity contribution is 6.05. The number of benzene rings is 1. The maximum atomic E-state index is 12.4. The topological polar surface area (TPSA) is 71.3 Å². The number of hydrogen-bond acceptors (Lipinski definition) is 6. The van der Waals surface area contributed by atoms with E-state index < -0.39 is 5.97 Å². The molecule has 1 aromatic carbocycles. The van der Waals surface area contributed by atoms with Crippen molar-refractivity contribution in [2.45, 2.75) is 0 Å². The predicted molar refractivity (Wildman–Crippen MR) is 103 cm³/mol. The Morgan fingerprint density at radius 1 is 1.07 bits per heavy atom. The van der Waals surface area contributed by atoms with Gasteiger partial charge in [0.25, 0.3) is 0 Å². The van der Waals surface area contributed by atoms with Crippen LogP contribution in [0.2, 0.25) is 0 Å². The Kier molecular flexibility index (Phi) is 4.49. The van der Waals surface area contributed by atoms with E-state index in [4.69, 9.17) is 18.9 Å². The van der Waals surface area contributed by atoms with Gasteiger partial charge in [-0.25, -0.2) is 9.78 Å². The zero-order chi connectivity index (χ0) is 19.7. The summed E-state index contributed by atoms with van der Waals surface area (Å²) in [6.07, 6.45) is 7.03. The van der Waals surface area contributed by atoms with Crippen LogP contribution in [0.1, 0.15) is 11.3 Å². The normalized spacial score (nSPS) is 14.9. The first kappa shape index (κ1) is 17.7. The number of methoxy groups -OCH3 is 3. The first-order chi connectivity index (χ1) is 13.6. The van der Waals surface area contributed by atoms with Gasteiger partial charge >= 0.3 is 5.97 Å². The minimum Gasteiger partial charge on any atom is -0.493 e. The van der Waals surface area contributed by atoms with Crippen molar-refractivity contribution in [1.29, 1.82) is 0 Å². The highest BCUT2D eigenvalue weighted by atomic mass is 16.5. The molecule has 1 aliphatic heterocycles. The third-order valence-electron chi connectivity index (χ3n) is 4.42. The second-order valence-electron chi connectivity index (χ2n) is 6.02. The molecule has 0 atom stereocenters. The molecule has 7 nitrogen and oxygen atoms in total. The lowest BCUT2D eigenvalue weighted by molar-refractivity contribution is -0.130. The third kappa shape index (κ3) is 2.96. The number of rotatable bonds is 5. The summed E-state index contributed by atoms with van der Waals surface area (Å²) in [5.74, 6) is 1.40. The lowest BCUT2D eigenvalue weighted by atomic mass is 10.1. The highest BCUT2D eigenvalue weighted by Crippen LogP contribution is 2.41. The van der Waals surface area contributed by atoms with E-state index in [1.54, 1.807) is 30.5 Å². The summed E-state index contributed by atoms with van der Waals surface area (Å²) in [4.78, 5) is 16.7. The molecule has 0 spiro atoms. The number of carbonyl (C=O) groups excluding carboxylic acids is 1. The number of hydrogen-bond donors (Lipinski definition) is 0. The summed E-state index contributed by atoms with van der Waals surface area (Å²) in [5, 5.41) is 0. The zero-order valence-corrected chi connectivity index (χ0v) is 15.6. The van der Waals surface area contributed by atoms with Crippen LogP contribution in [-0.2, 0) is 9.53 Å². The van der Waals surface area contributed by atoms with Gasteiger partial charge in [0.2, 0.25) is 5.75 Å². The van der Waals surface area contributed by atoms with E-state index in [-0.39, 0.29) is 0 Å². The summed E-state index contributed by atoms with van der Waals surface area (Å²) >= 11 is 0. The number of fused-ring (bicyclic) bond motifs is 1. The van der Waals surface area contributed by atoms with Crippen molar-refractivity contribution in [2.75, 3.05) is 21.3 Å². The molecule has 3 aromatic rings. The van der Waals surface area contributed by atoms with E-state index in [9.17, 15) is 4.79 Å². The molecule has 4 rings (SSSR count). The second kappa shape index (κ2) is 7.11. The van der Waals surface area contributed by atoms with Gasteiger partial charge in [0.05, 0.1) is 38.8 Å². The van der Waals surface area contributed by atoms with Crippen molar-refractivity contribution in [3.8, 4) is 17.2 Å². The van der Waals surface area contributed by atoms with Crippen molar-refractivity contribution in [1.82, 2.24) is 9.38 Å². The summed E-state index contributed by atoms with van der Waals surface area (Å²) in [6.45, 7) is 0. The monoisotopic (exact) mass is 378 g/mol. The molecule has 28 heavy (non-hydrogen) atoms. The quantitative estimate of drug-likeness (QED) is 0.501. The summed E-state index contributed by atoms with van der Waals surface area (Å²) in [7, 11) is 4.60. The van der Waals surface area contributed by atoms with Gasteiger partial charge in [-0.05, 0) is 36.4 Å². The van der Waals surface area contributed by atoms with E-state index in [0.717, 1.165) is 11.3 Å². The van der Waals surface area contributed by atoms with Crippen LogP contribution in [0.25, 0.3) is 17.5 Å². The first-order valence-corrected chi connectivity index (χ1v) is 8.52. The lowest BCUT2D eigenvalue weighted by Gasteiger charge is -2.14. The van der Waals surface area contributed by atoms with Gasteiger partial charge in [0.15, 0.2) is 11.5 Å². The molecule has 0 saturated carbocycles. The number of esters is 1. The zero-order valence-electron chi connectivity index (χ0n) is 15.6. The van der Waals surface area contributed by atoms with E-state index in [1.807, 2.05) is 28.8 Å². The van der Waals surface area contributed by atoms with Crippen LogP contribution in [0, 0.1) is 0 Å².